The van der Waals surface area contributed by atoms with Crippen molar-refractivity contribution in [3.63, 3.8) is 0 Å². The molecule has 0 aliphatic heterocycles. The predicted octanol–water partition coefficient (Wildman–Crippen LogP) is 3.11. The van der Waals surface area contributed by atoms with Crippen LogP contribution in [0.3, 0.4) is 0 Å². The summed E-state index contributed by atoms with van der Waals surface area (Å²) in [5.41, 5.74) is 5.09. The third-order valence-electron chi connectivity index (χ3n) is 5.16. The molecule has 0 spiro atoms. The number of hydrogen-bond donors (Lipinski definition) is 0. The van der Waals surface area contributed by atoms with Crippen molar-refractivity contribution in [1.29, 1.82) is 0 Å². The normalized spacial score (nSPS) is 19.8. The van der Waals surface area contributed by atoms with Crippen LogP contribution in [0.15, 0.2) is 24.7 Å². The van der Waals surface area contributed by atoms with Gasteiger partial charge in [0, 0.05) is 35.5 Å². The van der Waals surface area contributed by atoms with Crippen LogP contribution >= 0.6 is 0 Å². The Labute approximate surface area is 143 Å². The van der Waals surface area contributed by atoms with Gasteiger partial charge in [0.15, 0.2) is 11.5 Å². The van der Waals surface area contributed by atoms with E-state index >= 15 is 0 Å². The molecule has 0 aromatic carbocycles. The van der Waals surface area contributed by atoms with E-state index in [9.17, 15) is 4.39 Å². The van der Waals surface area contributed by atoms with E-state index in [0.717, 1.165) is 35.0 Å². The fourth-order valence-corrected chi connectivity index (χ4v) is 3.59. The summed E-state index contributed by atoms with van der Waals surface area (Å²) in [5.74, 6) is 1.16. The maximum absolute atomic E-state index is 13.8. The average Bonchev–Trinajstić information content (AvgIpc) is 3.13. The van der Waals surface area contributed by atoms with Crippen LogP contribution in [0.5, 0.6) is 0 Å². The van der Waals surface area contributed by atoms with E-state index in [-0.39, 0.29) is 17.7 Å². The van der Waals surface area contributed by atoms with E-state index in [2.05, 4.69) is 15.1 Å². The number of hydrogen-bond acceptors (Lipinski definition) is 4. The smallest absolute Gasteiger partial charge is 0.174 e. The summed E-state index contributed by atoms with van der Waals surface area (Å²) in [6.45, 7) is 5.77. The van der Waals surface area contributed by atoms with Gasteiger partial charge in [-0.3, -0.25) is 4.98 Å². The number of aryl methyl sites for hydroxylation is 3. The highest BCUT2D eigenvalue weighted by atomic mass is 19.1. The third kappa shape index (κ3) is 2.01. The second kappa shape index (κ2) is 4.84. The van der Waals surface area contributed by atoms with Gasteiger partial charge in [0.1, 0.15) is 11.5 Å². The molecule has 0 saturated heterocycles. The van der Waals surface area contributed by atoms with Crippen LogP contribution in [0, 0.1) is 26.6 Å². The van der Waals surface area contributed by atoms with E-state index in [1.165, 1.54) is 6.07 Å². The summed E-state index contributed by atoms with van der Waals surface area (Å²) in [4.78, 5) is 13.5. The first-order valence-corrected chi connectivity index (χ1v) is 8.35. The van der Waals surface area contributed by atoms with E-state index in [0.29, 0.717) is 11.2 Å². The molecular weight excluding hydrogens is 319 g/mol. The van der Waals surface area contributed by atoms with Crippen molar-refractivity contribution >= 4 is 11.3 Å². The van der Waals surface area contributed by atoms with Crippen LogP contribution in [0.1, 0.15) is 46.7 Å². The van der Waals surface area contributed by atoms with Crippen molar-refractivity contribution in [2.45, 2.75) is 39.0 Å². The predicted molar refractivity (Wildman–Crippen MR) is 90.2 cm³/mol. The summed E-state index contributed by atoms with van der Waals surface area (Å²) in [6.07, 6.45) is 6.22. The van der Waals surface area contributed by atoms with E-state index < -0.39 is 0 Å². The molecule has 4 aromatic heterocycles. The lowest BCUT2D eigenvalue weighted by molar-refractivity contribution is 0.617. The fourth-order valence-electron chi connectivity index (χ4n) is 3.59. The highest BCUT2D eigenvalue weighted by molar-refractivity contribution is 5.52. The highest BCUT2D eigenvalue weighted by Crippen LogP contribution is 2.54. The maximum Gasteiger partial charge on any atom is 0.174 e. The molecule has 6 nitrogen and oxygen atoms in total. The van der Waals surface area contributed by atoms with Gasteiger partial charge < -0.3 is 4.40 Å². The topological polar surface area (TPSA) is 60.4 Å². The summed E-state index contributed by atoms with van der Waals surface area (Å²) in [6, 6.07) is 1.49. The first-order valence-electron chi connectivity index (χ1n) is 8.35. The molecule has 5 rings (SSSR count). The number of rotatable bonds is 2. The fraction of sp³-hybridized carbons (Fsp3) is 0.333. The van der Waals surface area contributed by atoms with Crippen LogP contribution in [0.25, 0.3) is 11.3 Å². The van der Waals surface area contributed by atoms with Gasteiger partial charge in [-0.15, -0.1) is 0 Å². The minimum atomic E-state index is -0.221. The number of fused-ring (bicyclic) bond motifs is 2. The molecule has 4 aromatic rings. The van der Waals surface area contributed by atoms with Crippen LogP contribution in [0.2, 0.25) is 0 Å². The van der Waals surface area contributed by atoms with Gasteiger partial charge in [-0.2, -0.15) is 5.10 Å². The average molecular weight is 336 g/mol. The second-order valence-electron chi connectivity index (χ2n) is 6.80. The lowest BCUT2D eigenvalue weighted by atomic mass is 10.2. The van der Waals surface area contributed by atoms with Crippen molar-refractivity contribution in [3.8, 4) is 0 Å². The lowest BCUT2D eigenvalue weighted by Crippen LogP contribution is -1.95. The molecule has 0 bridgehead atoms. The Balaban J connectivity index is 1.55. The van der Waals surface area contributed by atoms with Gasteiger partial charge in [-0.25, -0.2) is 18.9 Å². The maximum atomic E-state index is 13.8. The monoisotopic (exact) mass is 336 g/mol. The first kappa shape index (κ1) is 14.5. The molecular formula is C18H17FN6. The summed E-state index contributed by atoms with van der Waals surface area (Å²) >= 11 is 0. The molecule has 1 saturated carbocycles. The largest absolute Gasteiger partial charge is 0.304 e. The number of imidazole rings is 1. The van der Waals surface area contributed by atoms with E-state index in [1.807, 2.05) is 22.8 Å². The standard InChI is InChI=1S/C18H17FN6/c1-9-7-20-8-15-21-17(23-25(9)15)13-6-12(13)16-11(3)24-5-4-14(19)10(2)18(24)22-16/h4-5,7-8,12-13H,6H2,1-3H3. The number of aromatic nitrogens is 6. The van der Waals surface area contributed by atoms with E-state index in [4.69, 9.17) is 4.98 Å². The van der Waals surface area contributed by atoms with Gasteiger partial charge in [0.25, 0.3) is 0 Å². The van der Waals surface area contributed by atoms with Crippen molar-refractivity contribution in [3.05, 3.63) is 58.9 Å². The van der Waals surface area contributed by atoms with Crippen molar-refractivity contribution in [2.75, 3.05) is 0 Å². The Morgan fingerprint density at radius 2 is 1.96 bits per heavy atom. The third-order valence-corrected chi connectivity index (χ3v) is 5.16. The van der Waals surface area contributed by atoms with Gasteiger partial charge in [0.05, 0.1) is 17.6 Å². The number of halogens is 1. The zero-order valence-electron chi connectivity index (χ0n) is 14.2. The van der Waals surface area contributed by atoms with Gasteiger partial charge in [-0.05, 0) is 33.3 Å². The van der Waals surface area contributed by atoms with Crippen molar-refractivity contribution < 1.29 is 4.39 Å². The summed E-state index contributed by atoms with van der Waals surface area (Å²) < 4.78 is 17.6. The molecule has 2 unspecified atom stereocenters. The second-order valence-corrected chi connectivity index (χ2v) is 6.80. The Morgan fingerprint density at radius 1 is 1.12 bits per heavy atom. The zero-order valence-corrected chi connectivity index (χ0v) is 14.2. The van der Waals surface area contributed by atoms with Crippen LogP contribution in [-0.4, -0.2) is 29.0 Å². The van der Waals surface area contributed by atoms with Crippen LogP contribution in [-0.2, 0) is 0 Å². The van der Waals surface area contributed by atoms with Gasteiger partial charge >= 0.3 is 0 Å². The molecule has 126 valence electrons. The molecule has 0 amide bonds. The lowest BCUT2D eigenvalue weighted by Gasteiger charge is -2.00. The number of pyridine rings is 1. The molecule has 2 atom stereocenters. The highest BCUT2D eigenvalue weighted by Gasteiger charge is 2.45. The molecule has 0 N–H and O–H groups in total. The number of nitrogens with zero attached hydrogens (tertiary/aromatic N) is 6. The minimum Gasteiger partial charge on any atom is -0.304 e. The molecule has 1 fully saturated rings. The quantitative estimate of drug-likeness (QED) is 0.564. The molecule has 4 heterocycles. The Morgan fingerprint density at radius 3 is 2.76 bits per heavy atom. The summed E-state index contributed by atoms with van der Waals surface area (Å²) in [7, 11) is 0. The van der Waals surface area contributed by atoms with Crippen LogP contribution in [0.4, 0.5) is 4.39 Å². The van der Waals surface area contributed by atoms with Crippen LogP contribution < -0.4 is 0 Å². The Bertz CT molecular complexity index is 1140. The van der Waals surface area contributed by atoms with E-state index in [1.54, 1.807) is 25.5 Å². The molecule has 1 aliphatic carbocycles. The zero-order chi connectivity index (χ0) is 17.3. The van der Waals surface area contributed by atoms with Gasteiger partial charge in [-0.1, -0.05) is 0 Å². The SMILES string of the molecule is Cc1c(F)ccn2c(C)c(C3CC3c3nc4cncc(C)n4n3)nc12. The van der Waals surface area contributed by atoms with Crippen molar-refractivity contribution in [2.24, 2.45) is 0 Å². The first-order chi connectivity index (χ1) is 12.0. The molecule has 0 radical (unpaired) electrons. The minimum absolute atomic E-state index is 0.221. The Kier molecular flexibility index (Phi) is 2.81. The molecule has 7 heteroatoms. The summed E-state index contributed by atoms with van der Waals surface area (Å²) in [5, 5.41) is 4.64. The molecule has 1 aliphatic rings. The molecule has 25 heavy (non-hydrogen) atoms. The Hall–Kier alpha value is -2.83. The van der Waals surface area contributed by atoms with Crippen molar-refractivity contribution in [1.82, 2.24) is 29.0 Å². The van der Waals surface area contributed by atoms with Gasteiger partial charge in [0.2, 0.25) is 0 Å².